The zero-order valence-corrected chi connectivity index (χ0v) is 15.8. The van der Waals surface area contributed by atoms with Crippen LogP contribution in [0.5, 0.6) is 0 Å². The van der Waals surface area contributed by atoms with Crippen molar-refractivity contribution in [2.45, 2.75) is 45.7 Å². The summed E-state index contributed by atoms with van der Waals surface area (Å²) in [6.45, 7) is 6.66. The first kappa shape index (κ1) is 22.4. The molecule has 150 valence electrons. The second-order valence-corrected chi connectivity index (χ2v) is 8.23. The van der Waals surface area contributed by atoms with Crippen LogP contribution in [0.3, 0.4) is 0 Å². The van der Waals surface area contributed by atoms with E-state index in [9.17, 15) is 21.6 Å². The summed E-state index contributed by atoms with van der Waals surface area (Å²) < 4.78 is 58.4. The van der Waals surface area contributed by atoms with E-state index in [4.69, 9.17) is 9.90 Å². The van der Waals surface area contributed by atoms with Crippen molar-refractivity contribution in [2.75, 3.05) is 19.8 Å². The van der Waals surface area contributed by atoms with Crippen LogP contribution in [0.2, 0.25) is 0 Å². The van der Waals surface area contributed by atoms with E-state index in [0.29, 0.717) is 25.7 Å². The van der Waals surface area contributed by atoms with Gasteiger partial charge in [0, 0.05) is 31.9 Å². The maximum Gasteiger partial charge on any atom is 0.490 e. The van der Waals surface area contributed by atoms with Gasteiger partial charge in [-0.2, -0.15) is 17.5 Å². The van der Waals surface area contributed by atoms with Crippen molar-refractivity contribution in [3.8, 4) is 0 Å². The lowest BCUT2D eigenvalue weighted by molar-refractivity contribution is -0.192. The van der Waals surface area contributed by atoms with Crippen molar-refractivity contribution in [2.24, 2.45) is 0 Å². The standard InChI is InChI=1S/C12H22N4O2S.C2HF3O2/c1-10(2)14(3)7-11-8-15-5-6-16(19(4,17)18)9-12(15)13-11;3-2(4,5)1(6)7/h8,10H,5-7,9H2,1-4H3;(H,6,7). The minimum Gasteiger partial charge on any atom is -0.475 e. The summed E-state index contributed by atoms with van der Waals surface area (Å²) in [5, 5.41) is 7.12. The van der Waals surface area contributed by atoms with Gasteiger partial charge in [0.15, 0.2) is 0 Å². The Morgan fingerprint density at radius 2 is 1.92 bits per heavy atom. The molecule has 0 fully saturated rings. The van der Waals surface area contributed by atoms with Crippen LogP contribution in [-0.4, -0.2) is 70.3 Å². The number of aromatic nitrogens is 2. The second-order valence-electron chi connectivity index (χ2n) is 6.25. The number of hydrogen-bond acceptors (Lipinski definition) is 5. The van der Waals surface area contributed by atoms with E-state index in [0.717, 1.165) is 18.1 Å². The van der Waals surface area contributed by atoms with Crippen LogP contribution in [0.1, 0.15) is 25.4 Å². The average Bonchev–Trinajstić information content (AvgIpc) is 2.86. The number of hydrogen-bond donors (Lipinski definition) is 1. The third kappa shape index (κ3) is 6.57. The fourth-order valence-corrected chi connectivity index (χ4v) is 2.85. The predicted octanol–water partition coefficient (Wildman–Crippen LogP) is 1.13. The number of aliphatic carboxylic acids is 1. The Labute approximate surface area is 150 Å². The molecule has 1 aromatic heterocycles. The molecule has 0 saturated carbocycles. The molecule has 1 N–H and O–H groups in total. The molecule has 0 radical (unpaired) electrons. The van der Waals surface area contributed by atoms with Crippen LogP contribution in [0, 0.1) is 0 Å². The minimum atomic E-state index is -5.08. The van der Waals surface area contributed by atoms with E-state index in [-0.39, 0.29) is 0 Å². The van der Waals surface area contributed by atoms with Crippen molar-refractivity contribution in [1.29, 1.82) is 0 Å². The fourth-order valence-electron chi connectivity index (χ4n) is 2.09. The van der Waals surface area contributed by atoms with Gasteiger partial charge in [-0.1, -0.05) is 0 Å². The van der Waals surface area contributed by atoms with Gasteiger partial charge in [0.1, 0.15) is 5.82 Å². The zero-order chi connectivity index (χ0) is 20.3. The van der Waals surface area contributed by atoms with Crippen LogP contribution in [0.15, 0.2) is 6.20 Å². The molecule has 2 rings (SSSR count). The number of imidazole rings is 1. The lowest BCUT2D eigenvalue weighted by Gasteiger charge is -2.25. The van der Waals surface area contributed by atoms with Gasteiger partial charge in [0.25, 0.3) is 0 Å². The normalized spacial score (nSPS) is 15.6. The molecule has 0 unspecified atom stereocenters. The summed E-state index contributed by atoms with van der Waals surface area (Å²) >= 11 is 0. The van der Waals surface area contributed by atoms with Gasteiger partial charge in [-0.25, -0.2) is 18.2 Å². The Morgan fingerprint density at radius 1 is 1.38 bits per heavy atom. The third-order valence-corrected chi connectivity index (χ3v) is 5.07. The highest BCUT2D eigenvalue weighted by atomic mass is 32.2. The van der Waals surface area contributed by atoms with Crippen LogP contribution < -0.4 is 0 Å². The van der Waals surface area contributed by atoms with E-state index in [1.807, 2.05) is 6.20 Å². The monoisotopic (exact) mass is 400 g/mol. The van der Waals surface area contributed by atoms with Gasteiger partial charge >= 0.3 is 12.1 Å². The summed E-state index contributed by atoms with van der Waals surface area (Å²) in [6.07, 6.45) is -1.80. The number of halogens is 3. The van der Waals surface area contributed by atoms with Gasteiger partial charge in [-0.05, 0) is 20.9 Å². The summed E-state index contributed by atoms with van der Waals surface area (Å²) in [7, 11) is -1.06. The molecule has 0 amide bonds. The second kappa shape index (κ2) is 8.35. The third-order valence-electron chi connectivity index (χ3n) is 3.82. The van der Waals surface area contributed by atoms with Crippen molar-refractivity contribution in [3.05, 3.63) is 17.7 Å². The Balaban J connectivity index is 0.000000412. The molecule has 0 saturated heterocycles. The molecule has 0 spiro atoms. The molecule has 1 aliphatic heterocycles. The van der Waals surface area contributed by atoms with Gasteiger partial charge in [-0.15, -0.1) is 0 Å². The number of nitrogens with zero attached hydrogens (tertiary/aromatic N) is 4. The Morgan fingerprint density at radius 3 is 2.35 bits per heavy atom. The van der Waals surface area contributed by atoms with Gasteiger partial charge in [-0.3, -0.25) is 4.90 Å². The van der Waals surface area contributed by atoms with E-state index in [1.165, 1.54) is 10.6 Å². The van der Waals surface area contributed by atoms with Crippen molar-refractivity contribution in [1.82, 2.24) is 18.8 Å². The van der Waals surface area contributed by atoms with E-state index in [2.05, 4.69) is 35.3 Å². The summed E-state index contributed by atoms with van der Waals surface area (Å²) in [5.41, 5.74) is 1.00. The highest BCUT2D eigenvalue weighted by molar-refractivity contribution is 7.88. The van der Waals surface area contributed by atoms with Crippen molar-refractivity contribution in [3.63, 3.8) is 0 Å². The summed E-state index contributed by atoms with van der Waals surface area (Å²) in [4.78, 5) is 15.7. The summed E-state index contributed by atoms with van der Waals surface area (Å²) in [5.74, 6) is -1.92. The molecule has 0 aliphatic carbocycles. The number of fused-ring (bicyclic) bond motifs is 1. The number of alkyl halides is 3. The van der Waals surface area contributed by atoms with Crippen molar-refractivity contribution >= 4 is 16.0 Å². The van der Waals surface area contributed by atoms with Gasteiger partial charge < -0.3 is 9.67 Å². The van der Waals surface area contributed by atoms with Crippen molar-refractivity contribution < 1.29 is 31.5 Å². The molecule has 12 heteroatoms. The Hall–Kier alpha value is -1.66. The van der Waals surface area contributed by atoms with Crippen LogP contribution in [-0.2, 0) is 34.5 Å². The minimum absolute atomic E-state index is 0.379. The highest BCUT2D eigenvalue weighted by Gasteiger charge is 2.38. The maximum atomic E-state index is 11.6. The molecule has 1 aromatic rings. The Kier molecular flexibility index (Phi) is 7.19. The van der Waals surface area contributed by atoms with Crippen LogP contribution in [0.25, 0.3) is 0 Å². The fraction of sp³-hybridized carbons (Fsp3) is 0.714. The topological polar surface area (TPSA) is 95.7 Å². The molecular weight excluding hydrogens is 377 g/mol. The molecule has 0 bridgehead atoms. The molecule has 1 aliphatic rings. The first-order valence-corrected chi connectivity index (χ1v) is 9.57. The number of sulfonamides is 1. The first-order valence-electron chi connectivity index (χ1n) is 7.72. The smallest absolute Gasteiger partial charge is 0.475 e. The largest absolute Gasteiger partial charge is 0.490 e. The first-order chi connectivity index (χ1) is 11.7. The van der Waals surface area contributed by atoms with E-state index in [1.54, 1.807) is 0 Å². The number of carbonyl (C=O) groups is 1. The molecule has 26 heavy (non-hydrogen) atoms. The molecule has 2 heterocycles. The van der Waals surface area contributed by atoms with Gasteiger partial charge in [0.05, 0.1) is 18.5 Å². The lowest BCUT2D eigenvalue weighted by atomic mass is 10.3. The van der Waals surface area contributed by atoms with Gasteiger partial charge in [0.2, 0.25) is 10.0 Å². The molecule has 0 aromatic carbocycles. The summed E-state index contributed by atoms with van der Waals surface area (Å²) in [6, 6.07) is 0.464. The molecular formula is C14H23F3N4O4S. The predicted molar refractivity (Wildman–Crippen MR) is 87.8 cm³/mol. The van der Waals surface area contributed by atoms with Crippen LogP contribution in [0.4, 0.5) is 13.2 Å². The quantitative estimate of drug-likeness (QED) is 0.814. The molecule has 8 nitrogen and oxygen atoms in total. The SMILES string of the molecule is CC(C)N(C)Cc1cn2c(n1)CN(S(C)(=O)=O)CC2.O=C(O)C(F)(F)F. The van der Waals surface area contributed by atoms with E-state index >= 15 is 0 Å². The number of carboxylic acids is 1. The zero-order valence-electron chi connectivity index (χ0n) is 15.0. The number of rotatable bonds is 4. The number of carboxylic acid groups (broad SMARTS) is 1. The lowest BCUT2D eigenvalue weighted by Crippen LogP contribution is -2.37. The Bertz CT molecular complexity index is 731. The molecule has 0 atom stereocenters. The van der Waals surface area contributed by atoms with Crippen LogP contribution >= 0.6 is 0 Å². The maximum absolute atomic E-state index is 11.6. The van der Waals surface area contributed by atoms with E-state index < -0.39 is 22.2 Å². The average molecular weight is 400 g/mol. The highest BCUT2D eigenvalue weighted by Crippen LogP contribution is 2.16.